The van der Waals surface area contributed by atoms with Crippen molar-refractivity contribution in [3.05, 3.63) is 81.5 Å². The average Bonchev–Trinajstić information content (AvgIpc) is 3.72. The van der Waals surface area contributed by atoms with E-state index in [0.29, 0.717) is 40.6 Å². The summed E-state index contributed by atoms with van der Waals surface area (Å²) in [5.41, 5.74) is 3.92. The monoisotopic (exact) mass is 790 g/mol. The number of carbonyl (C=O) groups excluding carboxylic acids is 3. The quantitative estimate of drug-likeness (QED) is 0.169. The Morgan fingerprint density at radius 2 is 1.79 bits per heavy atom. The van der Waals surface area contributed by atoms with Crippen LogP contribution in [0.3, 0.4) is 0 Å². The highest BCUT2D eigenvalue weighted by Crippen LogP contribution is 2.45. The lowest BCUT2D eigenvalue weighted by atomic mass is 9.71. The lowest BCUT2D eigenvalue weighted by Crippen LogP contribution is -2.61. The standard InChI is InChI=1S/C43H50N8O5S/c1-42(2,56)28-21-31-35(22-30(28)45-38(53)29-7-4-5-18-44-29)57-40(46-31)27-12-10-26(11-13-27)23-49-24-43(25-49)16-19-50(20-17-43)32-8-6-9-33-37(32)48(3)41(55)51(33)34-14-15-36(52)47-39(34)54/h4-9,18,21-22,26-27,34,56H,10-17,19-20,23-25H2,1-3H3,(H,45,53)(H,47,52,54)/t26-,27-,34?. The van der Waals surface area contributed by atoms with Crippen LogP contribution < -0.4 is 21.2 Å². The lowest BCUT2D eigenvalue weighted by molar-refractivity contribution is -0.135. The smallest absolute Gasteiger partial charge is 0.329 e. The van der Waals surface area contributed by atoms with Crippen molar-refractivity contribution in [1.82, 2.24) is 29.3 Å². The molecule has 57 heavy (non-hydrogen) atoms. The maximum absolute atomic E-state index is 13.5. The predicted molar refractivity (Wildman–Crippen MR) is 221 cm³/mol. The first-order valence-corrected chi connectivity index (χ1v) is 21.1. The number of para-hydroxylation sites is 1. The summed E-state index contributed by atoms with van der Waals surface area (Å²) in [4.78, 5) is 65.3. The van der Waals surface area contributed by atoms with Crippen LogP contribution in [0.1, 0.15) is 98.2 Å². The third-order valence-corrected chi connectivity index (χ3v) is 14.1. The zero-order valence-electron chi connectivity index (χ0n) is 32.8. The summed E-state index contributed by atoms with van der Waals surface area (Å²) in [7, 11) is 1.77. The highest BCUT2D eigenvalue weighted by atomic mass is 32.1. The molecule has 0 radical (unpaired) electrons. The number of imide groups is 1. The number of hydrogen-bond acceptors (Lipinski definition) is 10. The van der Waals surface area contributed by atoms with E-state index in [1.165, 1.54) is 12.8 Å². The number of amides is 3. The molecule has 4 aliphatic rings. The summed E-state index contributed by atoms with van der Waals surface area (Å²) in [5, 5.41) is 17.5. The minimum Gasteiger partial charge on any atom is -0.386 e. The number of likely N-dealkylation sites (tertiary alicyclic amines) is 1. The molecule has 1 aliphatic carbocycles. The van der Waals surface area contributed by atoms with Gasteiger partial charge in [-0.25, -0.2) is 9.78 Å². The molecule has 5 aromatic rings. The van der Waals surface area contributed by atoms with E-state index < -0.39 is 17.6 Å². The summed E-state index contributed by atoms with van der Waals surface area (Å²) < 4.78 is 4.23. The number of piperidine rings is 2. The van der Waals surface area contributed by atoms with Crippen molar-refractivity contribution in [2.75, 3.05) is 42.9 Å². The van der Waals surface area contributed by atoms with Crippen molar-refractivity contribution in [1.29, 1.82) is 0 Å². The third-order valence-electron chi connectivity index (χ3n) is 12.9. The van der Waals surface area contributed by atoms with Gasteiger partial charge in [-0.1, -0.05) is 12.1 Å². The van der Waals surface area contributed by atoms with E-state index in [9.17, 15) is 24.3 Å². The molecule has 3 aliphatic heterocycles. The van der Waals surface area contributed by atoms with Crippen molar-refractivity contribution in [2.45, 2.75) is 82.8 Å². The summed E-state index contributed by atoms with van der Waals surface area (Å²) in [6.45, 7) is 8.71. The third kappa shape index (κ3) is 7.05. The normalized spacial score (nSPS) is 22.9. The Kier molecular flexibility index (Phi) is 9.56. The molecule has 3 saturated heterocycles. The van der Waals surface area contributed by atoms with Gasteiger partial charge in [0.05, 0.1) is 37.5 Å². The van der Waals surface area contributed by atoms with Gasteiger partial charge in [-0.15, -0.1) is 11.3 Å². The van der Waals surface area contributed by atoms with E-state index in [0.717, 1.165) is 90.4 Å². The van der Waals surface area contributed by atoms with Gasteiger partial charge in [-0.3, -0.25) is 33.8 Å². The number of imidazole rings is 1. The van der Waals surface area contributed by atoms with Crippen LogP contribution in [-0.2, 0) is 22.2 Å². The fourth-order valence-corrected chi connectivity index (χ4v) is 11.0. The van der Waals surface area contributed by atoms with Crippen molar-refractivity contribution < 1.29 is 19.5 Å². The molecule has 1 saturated carbocycles. The minimum absolute atomic E-state index is 0.224. The Morgan fingerprint density at radius 1 is 1.02 bits per heavy atom. The van der Waals surface area contributed by atoms with E-state index in [1.807, 2.05) is 24.3 Å². The molecule has 298 valence electrons. The van der Waals surface area contributed by atoms with E-state index in [4.69, 9.17) is 4.98 Å². The molecule has 3 amide bonds. The van der Waals surface area contributed by atoms with Crippen LogP contribution in [0.4, 0.5) is 11.4 Å². The fraction of sp³-hybridized carbons (Fsp3) is 0.488. The van der Waals surface area contributed by atoms with Crippen molar-refractivity contribution >= 4 is 61.7 Å². The largest absolute Gasteiger partial charge is 0.386 e. The highest BCUT2D eigenvalue weighted by molar-refractivity contribution is 7.18. The fourth-order valence-electron chi connectivity index (χ4n) is 9.89. The highest BCUT2D eigenvalue weighted by Gasteiger charge is 2.45. The second-order valence-corrected chi connectivity index (χ2v) is 18.4. The molecule has 14 heteroatoms. The number of nitrogens with one attached hydrogen (secondary N) is 2. The molecule has 1 spiro atoms. The Balaban J connectivity index is 0.797. The first kappa shape index (κ1) is 37.6. The Hall–Kier alpha value is -4.92. The number of rotatable bonds is 8. The molecule has 2 aromatic carbocycles. The van der Waals surface area contributed by atoms with Crippen LogP contribution >= 0.6 is 11.3 Å². The molecular formula is C43H50N8O5S. The van der Waals surface area contributed by atoms with Crippen LogP contribution in [0.25, 0.3) is 21.3 Å². The number of nitrogens with zero attached hydrogens (tertiary/aromatic N) is 6. The number of fused-ring (bicyclic) bond motifs is 2. The summed E-state index contributed by atoms with van der Waals surface area (Å²) >= 11 is 1.69. The second kappa shape index (κ2) is 14.5. The summed E-state index contributed by atoms with van der Waals surface area (Å²) in [6.07, 6.45) is 8.93. The Bertz CT molecular complexity index is 2420. The van der Waals surface area contributed by atoms with Crippen molar-refractivity contribution in [3.8, 4) is 0 Å². The van der Waals surface area contributed by atoms with Gasteiger partial charge >= 0.3 is 5.69 Å². The van der Waals surface area contributed by atoms with E-state index in [1.54, 1.807) is 65.8 Å². The lowest BCUT2D eigenvalue weighted by Gasteiger charge is -2.55. The van der Waals surface area contributed by atoms with Crippen molar-refractivity contribution in [3.63, 3.8) is 0 Å². The van der Waals surface area contributed by atoms with Crippen LogP contribution in [-0.4, -0.2) is 79.6 Å². The van der Waals surface area contributed by atoms with Crippen LogP contribution in [0.5, 0.6) is 0 Å². The molecule has 1 atom stereocenters. The number of carbonyl (C=O) groups is 3. The number of hydrogen-bond donors (Lipinski definition) is 3. The molecule has 9 rings (SSSR count). The van der Waals surface area contributed by atoms with Gasteiger partial charge in [0.25, 0.3) is 5.91 Å². The predicted octanol–water partition coefficient (Wildman–Crippen LogP) is 5.68. The first-order valence-electron chi connectivity index (χ1n) is 20.3. The topological polar surface area (TPSA) is 155 Å². The molecule has 0 bridgehead atoms. The number of pyridine rings is 1. The van der Waals surface area contributed by atoms with Crippen LogP contribution in [0, 0.1) is 11.3 Å². The number of thiazole rings is 1. The zero-order chi connectivity index (χ0) is 39.6. The first-order chi connectivity index (χ1) is 27.4. The number of anilines is 2. The number of benzene rings is 2. The van der Waals surface area contributed by atoms with Gasteiger partial charge in [0, 0.05) is 69.6 Å². The molecule has 3 N–H and O–H groups in total. The van der Waals surface area contributed by atoms with Gasteiger partial charge < -0.3 is 20.2 Å². The maximum Gasteiger partial charge on any atom is 0.329 e. The zero-order valence-corrected chi connectivity index (χ0v) is 33.6. The minimum atomic E-state index is -1.17. The van der Waals surface area contributed by atoms with Gasteiger partial charge in [0.15, 0.2) is 0 Å². The molecule has 1 unspecified atom stereocenters. The Labute approximate surface area is 335 Å². The molecule has 13 nitrogen and oxygen atoms in total. The van der Waals surface area contributed by atoms with Crippen LogP contribution in [0.15, 0.2) is 59.5 Å². The number of aryl methyl sites for hydroxylation is 1. The summed E-state index contributed by atoms with van der Waals surface area (Å²) in [6, 6.07) is 14.4. The van der Waals surface area contributed by atoms with Crippen molar-refractivity contribution in [2.24, 2.45) is 18.4 Å². The molecule has 4 fully saturated rings. The average molecular weight is 791 g/mol. The van der Waals surface area contributed by atoms with Gasteiger partial charge in [0.2, 0.25) is 11.8 Å². The number of aromatic nitrogens is 4. The van der Waals surface area contributed by atoms with E-state index in [-0.39, 0.29) is 23.9 Å². The molecule has 6 heterocycles. The second-order valence-electron chi connectivity index (χ2n) is 17.3. The van der Waals surface area contributed by atoms with Gasteiger partial charge in [-0.2, -0.15) is 0 Å². The SMILES string of the molecule is Cn1c(=O)n(C2CCC(=O)NC2=O)c2cccc(N3CCC4(CC3)CN(C[C@H]3CC[C@H](c5nc6cc(C(C)(C)O)c(NC(=O)c7ccccn7)cc6s5)CC3)C4)c21. The Morgan fingerprint density at radius 3 is 2.49 bits per heavy atom. The van der Waals surface area contributed by atoms with E-state index in [2.05, 4.69) is 31.5 Å². The van der Waals surface area contributed by atoms with E-state index >= 15 is 0 Å². The molecular weight excluding hydrogens is 741 g/mol. The number of aliphatic hydroxyl groups is 1. The van der Waals surface area contributed by atoms with Crippen LogP contribution in [0.2, 0.25) is 0 Å². The van der Waals surface area contributed by atoms with Gasteiger partial charge in [0.1, 0.15) is 11.7 Å². The molecule has 3 aromatic heterocycles. The van der Waals surface area contributed by atoms with Gasteiger partial charge in [-0.05, 0) is 107 Å². The maximum atomic E-state index is 13.5. The summed E-state index contributed by atoms with van der Waals surface area (Å²) in [5.74, 6) is 0.0692.